The first-order valence-electron chi connectivity index (χ1n) is 11.5. The number of rotatable bonds is 3. The van der Waals surface area contributed by atoms with Crippen LogP contribution in [0.4, 0.5) is 5.82 Å². The van der Waals surface area contributed by atoms with Crippen LogP contribution in [0.15, 0.2) is 36.0 Å². The van der Waals surface area contributed by atoms with Crippen LogP contribution >= 0.6 is 0 Å². The van der Waals surface area contributed by atoms with E-state index in [0.29, 0.717) is 11.8 Å². The molecule has 0 aromatic carbocycles. The summed E-state index contributed by atoms with van der Waals surface area (Å²) in [7, 11) is 0. The molecule has 2 saturated heterocycles. The molecule has 3 fully saturated rings. The quantitative estimate of drug-likeness (QED) is 0.622. The van der Waals surface area contributed by atoms with E-state index < -0.39 is 0 Å². The van der Waals surface area contributed by atoms with Crippen LogP contribution in [0.2, 0.25) is 0 Å². The molecule has 4 aliphatic rings. The molecule has 0 spiro atoms. The maximum Gasteiger partial charge on any atom is 0.315 e. The number of aromatic amines is 1. The molecule has 5 nitrogen and oxygen atoms in total. The normalized spacial score (nSPS) is 37.5. The third-order valence-electron chi connectivity index (χ3n) is 8.09. The highest BCUT2D eigenvalue weighted by molar-refractivity contribution is 5.76. The predicted octanol–water partition coefficient (Wildman–Crippen LogP) is 1.52. The maximum atomic E-state index is 12.8. The number of pyridine rings is 1. The Morgan fingerprint density at radius 3 is 2.90 bits per heavy atom. The van der Waals surface area contributed by atoms with Gasteiger partial charge < -0.3 is 9.64 Å². The van der Waals surface area contributed by atoms with Crippen LogP contribution in [-0.4, -0.2) is 44.8 Å². The van der Waals surface area contributed by atoms with Gasteiger partial charge in [0.15, 0.2) is 0 Å². The number of nitrogens with one attached hydrogen (secondary N) is 2. The number of carbonyl (C=O) groups is 1. The topological polar surface area (TPSA) is 48.1 Å². The molecule has 3 heterocycles. The molecule has 5 heteroatoms. The number of ether oxygens (including phenoxy) is 1. The first-order chi connectivity index (χ1) is 14.0. The molecular weight excluding hydrogens is 362 g/mol. The van der Waals surface area contributed by atoms with Gasteiger partial charge in [0.05, 0.1) is 12.7 Å². The van der Waals surface area contributed by atoms with Crippen molar-refractivity contribution in [3.8, 4) is 0 Å². The van der Waals surface area contributed by atoms with Gasteiger partial charge >= 0.3 is 5.97 Å². The summed E-state index contributed by atoms with van der Waals surface area (Å²) in [5.41, 5.74) is 1.87. The molecule has 2 aliphatic carbocycles. The van der Waals surface area contributed by atoms with Crippen LogP contribution < -0.4 is 14.8 Å². The standard InChI is InChI=1S/C24H33N3O2/c1-17-6-5-8-24(2)15-21-18(14-20(17)24)19(23(28)29-21)16-26-10-12-27(13-11-26)22-7-3-4-9-25-22/h3-4,7,9,14,17-19,21H,5-6,8,10-13,15-16H2,1-2H3/p+2/t17-,18+,19+,21+,24+/m0/s1. The van der Waals surface area contributed by atoms with Crippen molar-refractivity contribution in [1.29, 1.82) is 0 Å². The average Bonchev–Trinajstić information content (AvgIpc) is 3.01. The van der Waals surface area contributed by atoms with Gasteiger partial charge in [0, 0.05) is 12.0 Å². The lowest BCUT2D eigenvalue weighted by Gasteiger charge is -2.46. The van der Waals surface area contributed by atoms with Gasteiger partial charge in [-0.2, -0.15) is 0 Å². The van der Waals surface area contributed by atoms with E-state index in [1.54, 1.807) is 10.5 Å². The molecule has 1 saturated carbocycles. The van der Waals surface area contributed by atoms with Crippen LogP contribution in [0.25, 0.3) is 0 Å². The second-order valence-electron chi connectivity index (χ2n) is 10.0. The lowest BCUT2D eigenvalue weighted by atomic mass is 9.59. The number of anilines is 1. The van der Waals surface area contributed by atoms with Crippen LogP contribution in [0.1, 0.15) is 39.5 Å². The highest BCUT2D eigenvalue weighted by Crippen LogP contribution is 2.53. The number of piperazine rings is 1. The number of aromatic nitrogens is 1. The Labute approximate surface area is 174 Å². The van der Waals surface area contributed by atoms with Crippen molar-refractivity contribution < 1.29 is 19.4 Å². The molecule has 0 radical (unpaired) electrons. The second-order valence-corrected chi connectivity index (χ2v) is 10.0. The minimum absolute atomic E-state index is 0.0380. The van der Waals surface area contributed by atoms with Gasteiger partial charge in [-0.25, -0.2) is 4.98 Å². The smallest absolute Gasteiger partial charge is 0.315 e. The molecule has 1 aromatic rings. The average molecular weight is 398 g/mol. The van der Waals surface area contributed by atoms with Crippen molar-refractivity contribution in [3.05, 3.63) is 36.0 Å². The van der Waals surface area contributed by atoms with Crippen molar-refractivity contribution in [2.75, 3.05) is 37.6 Å². The Hall–Kier alpha value is -1.88. The number of hydrogen-bond donors (Lipinski definition) is 1. The lowest BCUT2D eigenvalue weighted by Crippen LogP contribution is -3.15. The predicted molar refractivity (Wildman–Crippen MR) is 111 cm³/mol. The van der Waals surface area contributed by atoms with Gasteiger partial charge in [-0.3, -0.25) is 9.69 Å². The number of hydrogen-bond acceptors (Lipinski definition) is 3. The molecule has 5 atom stereocenters. The fourth-order valence-electron chi connectivity index (χ4n) is 6.44. The van der Waals surface area contributed by atoms with Gasteiger partial charge in [-0.15, -0.1) is 0 Å². The van der Waals surface area contributed by atoms with Crippen molar-refractivity contribution >= 4 is 11.8 Å². The fourth-order valence-corrected chi connectivity index (χ4v) is 6.44. The van der Waals surface area contributed by atoms with E-state index in [1.807, 2.05) is 12.3 Å². The number of quaternary nitrogens is 1. The van der Waals surface area contributed by atoms with Crippen molar-refractivity contribution in [1.82, 2.24) is 0 Å². The molecule has 29 heavy (non-hydrogen) atoms. The third kappa shape index (κ3) is 3.48. The summed E-state index contributed by atoms with van der Waals surface area (Å²) in [5, 5.41) is 0. The molecule has 2 aliphatic heterocycles. The minimum atomic E-state index is 0.0380. The van der Waals surface area contributed by atoms with E-state index in [4.69, 9.17) is 4.74 Å². The number of H-pyrrole nitrogens is 1. The zero-order valence-corrected chi connectivity index (χ0v) is 17.8. The van der Waals surface area contributed by atoms with Gasteiger partial charge in [0.25, 0.3) is 5.82 Å². The van der Waals surface area contributed by atoms with Gasteiger partial charge in [0.1, 0.15) is 38.2 Å². The van der Waals surface area contributed by atoms with Crippen molar-refractivity contribution in [2.45, 2.75) is 45.6 Å². The monoisotopic (exact) mass is 397 g/mol. The van der Waals surface area contributed by atoms with Crippen LogP contribution in [0.3, 0.4) is 0 Å². The molecule has 1 aromatic heterocycles. The van der Waals surface area contributed by atoms with E-state index >= 15 is 0 Å². The first-order valence-corrected chi connectivity index (χ1v) is 11.5. The van der Waals surface area contributed by atoms with E-state index in [9.17, 15) is 4.79 Å². The van der Waals surface area contributed by atoms with E-state index in [0.717, 1.165) is 39.1 Å². The highest BCUT2D eigenvalue weighted by atomic mass is 16.6. The SMILES string of the molecule is C[C@H]1CCC[C@]2(C)C[C@H]3OC(=O)[C@H](C[NH+]4CCN(c5cccc[nH+]5)CC4)[C@H]3C=C12. The third-order valence-corrected chi connectivity index (χ3v) is 8.09. The number of nitrogens with zero attached hydrogens (tertiary/aromatic N) is 1. The Balaban J connectivity index is 1.27. The summed E-state index contributed by atoms with van der Waals surface area (Å²) in [6.07, 6.45) is 9.45. The Bertz CT molecular complexity index is 787. The molecular formula is C24H35N3O2+2. The summed E-state index contributed by atoms with van der Waals surface area (Å²) >= 11 is 0. The molecule has 5 rings (SSSR count). The zero-order valence-electron chi connectivity index (χ0n) is 17.8. The second kappa shape index (κ2) is 7.42. The number of fused-ring (bicyclic) bond motifs is 2. The summed E-state index contributed by atoms with van der Waals surface area (Å²) in [4.78, 5) is 20.1. The van der Waals surface area contributed by atoms with Crippen molar-refractivity contribution in [2.24, 2.45) is 23.2 Å². The fraction of sp³-hybridized carbons (Fsp3) is 0.667. The number of allylic oxidation sites excluding steroid dienone is 1. The molecule has 0 bridgehead atoms. The van der Waals surface area contributed by atoms with Crippen LogP contribution in [-0.2, 0) is 9.53 Å². The van der Waals surface area contributed by atoms with Gasteiger partial charge in [-0.05, 0) is 36.7 Å². The summed E-state index contributed by atoms with van der Waals surface area (Å²) < 4.78 is 5.95. The molecule has 156 valence electrons. The van der Waals surface area contributed by atoms with E-state index in [-0.39, 0.29) is 23.4 Å². The largest absolute Gasteiger partial charge is 0.461 e. The summed E-state index contributed by atoms with van der Waals surface area (Å²) in [5.74, 6) is 2.23. The molecule has 0 unspecified atom stereocenters. The highest BCUT2D eigenvalue weighted by Gasteiger charge is 2.53. The molecule has 2 N–H and O–H groups in total. The summed E-state index contributed by atoms with van der Waals surface area (Å²) in [6.45, 7) is 9.91. The van der Waals surface area contributed by atoms with Crippen LogP contribution in [0, 0.1) is 23.2 Å². The maximum absolute atomic E-state index is 12.8. The molecule has 0 amide bonds. The Morgan fingerprint density at radius 1 is 1.31 bits per heavy atom. The zero-order chi connectivity index (χ0) is 20.0. The first kappa shape index (κ1) is 19.1. The number of esters is 1. The number of carbonyl (C=O) groups excluding carboxylic acids is 1. The minimum Gasteiger partial charge on any atom is -0.461 e. The lowest BCUT2D eigenvalue weighted by molar-refractivity contribution is -0.903. The van der Waals surface area contributed by atoms with Gasteiger partial charge in [-0.1, -0.05) is 38.0 Å². The van der Waals surface area contributed by atoms with Crippen molar-refractivity contribution in [3.63, 3.8) is 0 Å². The van der Waals surface area contributed by atoms with Crippen LogP contribution in [0.5, 0.6) is 0 Å². The van der Waals surface area contributed by atoms with E-state index in [2.05, 4.69) is 41.9 Å². The summed E-state index contributed by atoms with van der Waals surface area (Å²) in [6, 6.07) is 6.24. The van der Waals surface area contributed by atoms with Gasteiger partial charge in [0.2, 0.25) is 0 Å². The Kier molecular flexibility index (Phi) is 4.89. The van der Waals surface area contributed by atoms with E-state index in [1.165, 1.54) is 25.1 Å². The Morgan fingerprint density at radius 2 is 2.14 bits per heavy atom.